The minimum Gasteiger partial charge on any atom is -0.392 e. The summed E-state index contributed by atoms with van der Waals surface area (Å²) >= 11 is 0. The molecule has 23 heavy (non-hydrogen) atoms. The van der Waals surface area contributed by atoms with Crippen molar-refractivity contribution in [1.82, 2.24) is 0 Å². The molecule has 1 aromatic rings. The lowest BCUT2D eigenvalue weighted by Gasteiger charge is -2.45. The average molecular weight is 318 g/mol. The summed E-state index contributed by atoms with van der Waals surface area (Å²) in [6.45, 7) is 3.75. The van der Waals surface area contributed by atoms with Crippen LogP contribution in [0.25, 0.3) is 6.08 Å². The number of aliphatic hydroxyl groups excluding tert-OH is 1. The summed E-state index contributed by atoms with van der Waals surface area (Å²) in [5.41, 5.74) is 1.88. The molecule has 1 aromatic carbocycles. The Bertz CT molecular complexity index is 733. The van der Waals surface area contributed by atoms with Crippen molar-refractivity contribution < 1.29 is 18.7 Å². The van der Waals surface area contributed by atoms with Crippen molar-refractivity contribution in [1.29, 1.82) is 0 Å². The van der Waals surface area contributed by atoms with Gasteiger partial charge in [-0.15, -0.1) is 0 Å². The van der Waals surface area contributed by atoms with Crippen LogP contribution in [-0.2, 0) is 4.79 Å². The lowest BCUT2D eigenvalue weighted by Crippen LogP contribution is -2.42. The van der Waals surface area contributed by atoms with Crippen LogP contribution in [0.2, 0.25) is 0 Å². The van der Waals surface area contributed by atoms with Crippen LogP contribution < -0.4 is 0 Å². The van der Waals surface area contributed by atoms with E-state index in [1.807, 2.05) is 6.92 Å². The minimum absolute atomic E-state index is 0.102. The Morgan fingerprint density at radius 1 is 1.35 bits per heavy atom. The molecule has 4 heteroatoms. The van der Waals surface area contributed by atoms with Crippen LogP contribution in [0.4, 0.5) is 8.78 Å². The maximum atomic E-state index is 13.9. The first-order valence-corrected chi connectivity index (χ1v) is 7.91. The van der Waals surface area contributed by atoms with Gasteiger partial charge in [0.1, 0.15) is 11.6 Å². The number of carbonyl (C=O) groups excluding carboxylic acids is 1. The van der Waals surface area contributed by atoms with Gasteiger partial charge in [0.25, 0.3) is 0 Å². The van der Waals surface area contributed by atoms with Gasteiger partial charge in [0.2, 0.25) is 0 Å². The SMILES string of the molecule is CC1=C2CCC[C@H](O)[C@@]2(C)C/C(=C\c2ccc(F)cc2F)C1=O. The monoisotopic (exact) mass is 318 g/mol. The molecule has 1 fully saturated rings. The molecule has 0 aromatic heterocycles. The van der Waals surface area contributed by atoms with Crippen LogP contribution in [0.5, 0.6) is 0 Å². The number of aliphatic hydroxyl groups is 1. The van der Waals surface area contributed by atoms with Crippen LogP contribution >= 0.6 is 0 Å². The molecule has 0 amide bonds. The number of rotatable bonds is 1. The van der Waals surface area contributed by atoms with E-state index in [9.17, 15) is 18.7 Å². The fourth-order valence-corrected chi connectivity index (χ4v) is 3.89. The van der Waals surface area contributed by atoms with E-state index in [-0.39, 0.29) is 11.3 Å². The van der Waals surface area contributed by atoms with E-state index in [1.54, 1.807) is 6.92 Å². The molecule has 1 N–H and O–H groups in total. The second-order valence-corrected chi connectivity index (χ2v) is 6.77. The van der Waals surface area contributed by atoms with Gasteiger partial charge in [-0.05, 0) is 56.4 Å². The number of allylic oxidation sites excluding steroid dienone is 2. The van der Waals surface area contributed by atoms with Gasteiger partial charge in [0, 0.05) is 22.6 Å². The summed E-state index contributed by atoms with van der Waals surface area (Å²) in [5, 5.41) is 10.4. The number of fused-ring (bicyclic) bond motifs is 1. The van der Waals surface area contributed by atoms with E-state index < -0.39 is 23.2 Å². The van der Waals surface area contributed by atoms with Crippen molar-refractivity contribution in [2.75, 3.05) is 0 Å². The zero-order chi connectivity index (χ0) is 16.8. The van der Waals surface area contributed by atoms with Crippen molar-refractivity contribution in [2.24, 2.45) is 5.41 Å². The number of ketones is 1. The van der Waals surface area contributed by atoms with E-state index in [1.165, 1.54) is 18.2 Å². The first kappa shape index (κ1) is 16.1. The maximum absolute atomic E-state index is 13.9. The molecule has 0 radical (unpaired) electrons. The van der Waals surface area contributed by atoms with Gasteiger partial charge in [-0.25, -0.2) is 8.78 Å². The van der Waals surface area contributed by atoms with Crippen molar-refractivity contribution in [3.05, 3.63) is 52.1 Å². The fraction of sp³-hybridized carbons (Fsp3) is 0.421. The number of halogens is 2. The third-order valence-electron chi connectivity index (χ3n) is 5.26. The maximum Gasteiger partial charge on any atom is 0.184 e. The molecular weight excluding hydrogens is 298 g/mol. The predicted octanol–water partition coefficient (Wildman–Crippen LogP) is 4.19. The summed E-state index contributed by atoms with van der Waals surface area (Å²) in [6, 6.07) is 3.32. The zero-order valence-electron chi connectivity index (χ0n) is 13.3. The van der Waals surface area contributed by atoms with Crippen LogP contribution in [0.1, 0.15) is 45.1 Å². The summed E-state index contributed by atoms with van der Waals surface area (Å²) in [5.74, 6) is -1.44. The number of carbonyl (C=O) groups is 1. The Labute approximate surface area is 134 Å². The Morgan fingerprint density at radius 3 is 2.78 bits per heavy atom. The first-order chi connectivity index (χ1) is 10.8. The smallest absolute Gasteiger partial charge is 0.184 e. The van der Waals surface area contributed by atoms with Crippen molar-refractivity contribution in [2.45, 2.75) is 45.6 Å². The second-order valence-electron chi connectivity index (χ2n) is 6.77. The van der Waals surface area contributed by atoms with E-state index >= 15 is 0 Å². The first-order valence-electron chi connectivity index (χ1n) is 7.91. The summed E-state index contributed by atoms with van der Waals surface area (Å²) in [4.78, 5) is 12.6. The molecule has 0 heterocycles. The Morgan fingerprint density at radius 2 is 2.09 bits per heavy atom. The molecule has 2 nitrogen and oxygen atoms in total. The van der Waals surface area contributed by atoms with Crippen molar-refractivity contribution >= 4 is 11.9 Å². The number of Topliss-reactive ketones (excluding diaryl/α,β-unsaturated/α-hetero) is 1. The number of hydrogen-bond donors (Lipinski definition) is 1. The average Bonchev–Trinajstić information content (AvgIpc) is 2.49. The molecule has 122 valence electrons. The highest BCUT2D eigenvalue weighted by molar-refractivity contribution is 6.12. The Balaban J connectivity index is 2.07. The molecule has 0 aliphatic heterocycles. The zero-order valence-corrected chi connectivity index (χ0v) is 13.3. The third kappa shape index (κ3) is 2.65. The molecule has 2 aliphatic carbocycles. The Hall–Kier alpha value is -1.81. The van der Waals surface area contributed by atoms with Crippen LogP contribution in [-0.4, -0.2) is 17.0 Å². The largest absolute Gasteiger partial charge is 0.392 e. The molecular formula is C19H20F2O2. The third-order valence-corrected chi connectivity index (χ3v) is 5.26. The van der Waals surface area contributed by atoms with Gasteiger partial charge < -0.3 is 5.11 Å². The number of benzene rings is 1. The van der Waals surface area contributed by atoms with Gasteiger partial charge in [-0.3, -0.25) is 4.79 Å². The highest BCUT2D eigenvalue weighted by atomic mass is 19.1. The lowest BCUT2D eigenvalue weighted by atomic mass is 9.61. The Kier molecular flexibility index (Phi) is 3.96. The van der Waals surface area contributed by atoms with Gasteiger partial charge >= 0.3 is 0 Å². The molecule has 3 rings (SSSR count). The highest BCUT2D eigenvalue weighted by Crippen LogP contribution is 2.50. The highest BCUT2D eigenvalue weighted by Gasteiger charge is 2.45. The van der Waals surface area contributed by atoms with E-state index in [4.69, 9.17) is 0 Å². The van der Waals surface area contributed by atoms with Crippen LogP contribution in [0, 0.1) is 17.0 Å². The van der Waals surface area contributed by atoms with E-state index in [0.29, 0.717) is 24.0 Å². The number of hydrogen-bond acceptors (Lipinski definition) is 2. The summed E-state index contributed by atoms with van der Waals surface area (Å²) < 4.78 is 26.9. The van der Waals surface area contributed by atoms with Crippen LogP contribution in [0.15, 0.2) is 34.9 Å². The van der Waals surface area contributed by atoms with Crippen LogP contribution in [0.3, 0.4) is 0 Å². The molecule has 0 saturated heterocycles. The minimum atomic E-state index is -0.688. The standard InChI is InChI=1S/C19H20F2O2/c1-11-15-4-3-5-17(22)19(15,2)10-13(18(11)23)8-12-6-7-14(20)9-16(12)21/h6-9,17,22H,3-5,10H2,1-2H3/b13-8+/t17-,19-/m0/s1. The molecule has 2 atom stereocenters. The van der Waals surface area contributed by atoms with E-state index in [0.717, 1.165) is 24.5 Å². The second kappa shape index (κ2) is 5.68. The normalized spacial score (nSPS) is 29.9. The molecule has 0 spiro atoms. The lowest BCUT2D eigenvalue weighted by molar-refractivity contribution is -0.113. The quantitative estimate of drug-likeness (QED) is 0.788. The summed E-state index contributed by atoms with van der Waals surface area (Å²) in [6.07, 6.45) is 3.78. The van der Waals surface area contributed by atoms with Gasteiger partial charge in [0.15, 0.2) is 5.78 Å². The topological polar surface area (TPSA) is 37.3 Å². The van der Waals surface area contributed by atoms with Gasteiger partial charge in [-0.1, -0.05) is 12.5 Å². The summed E-state index contributed by atoms with van der Waals surface area (Å²) in [7, 11) is 0. The molecule has 0 bridgehead atoms. The molecule has 2 aliphatic rings. The van der Waals surface area contributed by atoms with E-state index in [2.05, 4.69) is 0 Å². The van der Waals surface area contributed by atoms with Crippen molar-refractivity contribution in [3.63, 3.8) is 0 Å². The van der Waals surface area contributed by atoms with Gasteiger partial charge in [-0.2, -0.15) is 0 Å². The van der Waals surface area contributed by atoms with Crippen molar-refractivity contribution in [3.8, 4) is 0 Å². The predicted molar refractivity (Wildman–Crippen MR) is 84.6 cm³/mol. The van der Waals surface area contributed by atoms with Gasteiger partial charge in [0.05, 0.1) is 6.10 Å². The molecule has 0 unspecified atom stereocenters. The fourth-order valence-electron chi connectivity index (χ4n) is 3.89. The molecule has 1 saturated carbocycles.